The van der Waals surface area contributed by atoms with Crippen molar-refractivity contribution in [1.29, 1.82) is 0 Å². The molecule has 0 bridgehead atoms. The van der Waals surface area contributed by atoms with Crippen molar-refractivity contribution in [1.82, 2.24) is 5.32 Å². The molecule has 0 amide bonds. The van der Waals surface area contributed by atoms with E-state index in [2.05, 4.69) is 17.4 Å². The molecule has 2 aromatic rings. The van der Waals surface area contributed by atoms with Gasteiger partial charge in [0.15, 0.2) is 0 Å². The van der Waals surface area contributed by atoms with Crippen LogP contribution in [0.3, 0.4) is 0 Å². The second-order valence-electron chi connectivity index (χ2n) is 4.77. The van der Waals surface area contributed by atoms with Crippen molar-refractivity contribution in [3.8, 4) is 5.75 Å². The number of methoxy groups -OCH3 is 1. The summed E-state index contributed by atoms with van der Waals surface area (Å²) in [6.45, 7) is 0.653. The van der Waals surface area contributed by atoms with Crippen LogP contribution in [-0.4, -0.2) is 18.4 Å². The van der Waals surface area contributed by atoms with Gasteiger partial charge in [-0.3, -0.25) is 5.32 Å². The van der Waals surface area contributed by atoms with Gasteiger partial charge in [0.1, 0.15) is 12.0 Å². The summed E-state index contributed by atoms with van der Waals surface area (Å²) in [5.41, 5.74) is 2.38. The van der Waals surface area contributed by atoms with E-state index >= 15 is 0 Å². The highest BCUT2D eigenvalue weighted by molar-refractivity contribution is 5.85. The summed E-state index contributed by atoms with van der Waals surface area (Å²) < 4.78 is 5.11. The molecule has 2 N–H and O–H groups in total. The highest BCUT2D eigenvalue weighted by Gasteiger charge is 2.04. The molecule has 2 rings (SSSR count). The number of hydrogen-bond donors (Lipinski definition) is 2. The van der Waals surface area contributed by atoms with Crippen molar-refractivity contribution >= 4 is 12.4 Å². The number of nitrogens with one attached hydrogen (secondary N) is 1. The molecule has 0 aliphatic carbocycles. The first kappa shape index (κ1) is 17.5. The highest BCUT2D eigenvalue weighted by atomic mass is 35.5. The molecule has 0 aromatic heterocycles. The smallest absolute Gasteiger partial charge is 0.118 e. The first-order valence-corrected chi connectivity index (χ1v) is 6.86. The first-order valence-electron chi connectivity index (χ1n) is 6.86. The lowest BCUT2D eigenvalue weighted by Gasteiger charge is -2.13. The van der Waals surface area contributed by atoms with Gasteiger partial charge in [-0.15, -0.1) is 12.4 Å². The summed E-state index contributed by atoms with van der Waals surface area (Å²) >= 11 is 0. The van der Waals surface area contributed by atoms with Gasteiger partial charge in [0.25, 0.3) is 0 Å². The molecule has 0 aliphatic heterocycles. The minimum absolute atomic E-state index is 0. The van der Waals surface area contributed by atoms with E-state index in [0.717, 1.165) is 17.7 Å². The van der Waals surface area contributed by atoms with E-state index in [9.17, 15) is 5.11 Å². The fourth-order valence-electron chi connectivity index (χ4n) is 2.03. The SMILES string of the molecule is COc1ccc(CNC(O)CCc2ccccc2)cc1.Cl. The Labute approximate surface area is 132 Å². The van der Waals surface area contributed by atoms with Crippen molar-refractivity contribution in [2.24, 2.45) is 0 Å². The van der Waals surface area contributed by atoms with Crippen LogP contribution in [0.5, 0.6) is 5.75 Å². The third-order valence-corrected chi connectivity index (χ3v) is 3.25. The van der Waals surface area contributed by atoms with E-state index in [1.807, 2.05) is 42.5 Å². The monoisotopic (exact) mass is 307 g/mol. The van der Waals surface area contributed by atoms with Crippen LogP contribution >= 0.6 is 12.4 Å². The van der Waals surface area contributed by atoms with Crippen LogP contribution in [0.15, 0.2) is 54.6 Å². The van der Waals surface area contributed by atoms with Gasteiger partial charge in [0, 0.05) is 6.54 Å². The van der Waals surface area contributed by atoms with Crippen LogP contribution in [-0.2, 0) is 13.0 Å². The van der Waals surface area contributed by atoms with Gasteiger partial charge in [0.05, 0.1) is 7.11 Å². The zero-order chi connectivity index (χ0) is 14.2. The number of rotatable bonds is 7. The van der Waals surface area contributed by atoms with Crippen LogP contribution in [0.4, 0.5) is 0 Å². The molecule has 0 aliphatic rings. The van der Waals surface area contributed by atoms with Crippen molar-refractivity contribution < 1.29 is 9.84 Å². The van der Waals surface area contributed by atoms with Gasteiger partial charge >= 0.3 is 0 Å². The Bertz CT molecular complexity index is 502. The van der Waals surface area contributed by atoms with Gasteiger partial charge in [0.2, 0.25) is 0 Å². The fraction of sp³-hybridized carbons (Fsp3) is 0.294. The lowest BCUT2D eigenvalue weighted by atomic mass is 10.1. The number of aryl methyl sites for hydroxylation is 1. The van der Waals surface area contributed by atoms with Gasteiger partial charge in [-0.25, -0.2) is 0 Å². The number of ether oxygens (including phenoxy) is 1. The van der Waals surface area contributed by atoms with Crippen molar-refractivity contribution in [2.45, 2.75) is 25.6 Å². The van der Waals surface area contributed by atoms with E-state index in [0.29, 0.717) is 13.0 Å². The second-order valence-corrected chi connectivity index (χ2v) is 4.77. The molecule has 0 fully saturated rings. The summed E-state index contributed by atoms with van der Waals surface area (Å²) in [4.78, 5) is 0. The Morgan fingerprint density at radius 3 is 2.29 bits per heavy atom. The fourth-order valence-corrected chi connectivity index (χ4v) is 2.03. The average Bonchev–Trinajstić information content (AvgIpc) is 2.52. The normalized spacial score (nSPS) is 11.5. The lowest BCUT2D eigenvalue weighted by Crippen LogP contribution is -2.28. The molecule has 0 saturated carbocycles. The number of hydrogen-bond acceptors (Lipinski definition) is 3. The third-order valence-electron chi connectivity index (χ3n) is 3.25. The predicted octanol–water partition coefficient (Wildman–Crippen LogP) is 3.16. The number of aliphatic hydroxyl groups excluding tert-OH is 1. The van der Waals surface area contributed by atoms with Crippen LogP contribution in [0, 0.1) is 0 Å². The minimum atomic E-state index is -0.489. The van der Waals surface area contributed by atoms with E-state index < -0.39 is 6.23 Å². The molecule has 114 valence electrons. The summed E-state index contributed by atoms with van der Waals surface area (Å²) in [5, 5.41) is 13.1. The maximum absolute atomic E-state index is 9.94. The Morgan fingerprint density at radius 1 is 1.00 bits per heavy atom. The van der Waals surface area contributed by atoms with E-state index in [-0.39, 0.29) is 12.4 Å². The molecular formula is C17H22ClNO2. The zero-order valence-electron chi connectivity index (χ0n) is 12.2. The molecule has 0 saturated heterocycles. The molecule has 0 heterocycles. The van der Waals surface area contributed by atoms with E-state index in [4.69, 9.17) is 4.74 Å². The molecular weight excluding hydrogens is 286 g/mol. The molecule has 1 atom stereocenters. The van der Waals surface area contributed by atoms with E-state index in [1.165, 1.54) is 5.56 Å². The molecule has 1 unspecified atom stereocenters. The summed E-state index contributed by atoms with van der Waals surface area (Å²) in [6.07, 6.45) is 1.09. The Kier molecular flexibility index (Phi) is 7.83. The molecule has 0 radical (unpaired) electrons. The van der Waals surface area contributed by atoms with Crippen molar-refractivity contribution in [3.05, 3.63) is 65.7 Å². The predicted molar refractivity (Wildman–Crippen MR) is 87.9 cm³/mol. The minimum Gasteiger partial charge on any atom is -0.497 e. The second kappa shape index (κ2) is 9.40. The maximum Gasteiger partial charge on any atom is 0.118 e. The lowest BCUT2D eigenvalue weighted by molar-refractivity contribution is 0.126. The Balaban J connectivity index is 0.00000220. The average molecular weight is 308 g/mol. The van der Waals surface area contributed by atoms with Gasteiger partial charge in [-0.1, -0.05) is 42.5 Å². The molecule has 0 spiro atoms. The van der Waals surface area contributed by atoms with Gasteiger partial charge < -0.3 is 9.84 Å². The van der Waals surface area contributed by atoms with Crippen LogP contribution < -0.4 is 10.1 Å². The summed E-state index contributed by atoms with van der Waals surface area (Å²) in [5.74, 6) is 0.846. The molecule has 21 heavy (non-hydrogen) atoms. The van der Waals surface area contributed by atoms with Gasteiger partial charge in [-0.05, 0) is 36.1 Å². The van der Waals surface area contributed by atoms with E-state index in [1.54, 1.807) is 7.11 Å². The third kappa shape index (κ3) is 6.17. The topological polar surface area (TPSA) is 41.5 Å². The highest BCUT2D eigenvalue weighted by Crippen LogP contribution is 2.11. The zero-order valence-corrected chi connectivity index (χ0v) is 13.0. The Hall–Kier alpha value is -1.55. The summed E-state index contributed by atoms with van der Waals surface area (Å²) in [7, 11) is 1.65. The molecule has 2 aromatic carbocycles. The number of aliphatic hydroxyl groups is 1. The maximum atomic E-state index is 9.94. The summed E-state index contributed by atoms with van der Waals surface area (Å²) in [6, 6.07) is 18.0. The standard InChI is InChI=1S/C17H21NO2.ClH/c1-20-16-10-7-15(8-11-16)13-18-17(19)12-9-14-5-3-2-4-6-14;/h2-8,10-11,17-19H,9,12-13H2,1H3;1H. The largest absolute Gasteiger partial charge is 0.497 e. The first-order chi connectivity index (χ1) is 9.78. The van der Waals surface area contributed by atoms with Crippen LogP contribution in [0.25, 0.3) is 0 Å². The van der Waals surface area contributed by atoms with Crippen LogP contribution in [0.1, 0.15) is 17.5 Å². The van der Waals surface area contributed by atoms with Crippen molar-refractivity contribution in [3.63, 3.8) is 0 Å². The number of benzene rings is 2. The number of halogens is 1. The van der Waals surface area contributed by atoms with Gasteiger partial charge in [-0.2, -0.15) is 0 Å². The van der Waals surface area contributed by atoms with Crippen LogP contribution in [0.2, 0.25) is 0 Å². The quantitative estimate of drug-likeness (QED) is 0.772. The molecule has 3 nitrogen and oxygen atoms in total. The van der Waals surface area contributed by atoms with Crippen molar-refractivity contribution in [2.75, 3.05) is 7.11 Å². The Morgan fingerprint density at radius 2 is 1.67 bits per heavy atom. The molecule has 4 heteroatoms.